The Labute approximate surface area is 289 Å². The number of carboxylic acid groups (broad SMARTS) is 1. The van der Waals surface area contributed by atoms with Gasteiger partial charge < -0.3 is 20.5 Å². The first-order valence-corrected chi connectivity index (χ1v) is 16.0. The Bertz CT molecular complexity index is 2110. The van der Waals surface area contributed by atoms with E-state index in [4.69, 9.17) is 21.4 Å². The summed E-state index contributed by atoms with van der Waals surface area (Å²) in [6.07, 6.45) is 0. The van der Waals surface area contributed by atoms with Crippen LogP contribution in [0.3, 0.4) is 0 Å². The lowest BCUT2D eigenvalue weighted by molar-refractivity contribution is 0.0696. The number of halogens is 2. The second-order valence-corrected chi connectivity index (χ2v) is 13.4. The summed E-state index contributed by atoms with van der Waals surface area (Å²) in [6.45, 7) is 16.2. The van der Waals surface area contributed by atoms with Crippen LogP contribution >= 0.6 is 11.6 Å². The first-order valence-electron chi connectivity index (χ1n) is 15.7. The van der Waals surface area contributed by atoms with Crippen LogP contribution < -0.4 is 20.9 Å². The largest absolute Gasteiger partial charge is 0.487 e. The normalized spacial score (nSPS) is 11.3. The molecule has 0 unspecified atom stereocenters. The average Bonchev–Trinajstić information content (AvgIpc) is 3.47. The van der Waals surface area contributed by atoms with Crippen molar-refractivity contribution >= 4 is 23.4 Å². The van der Waals surface area contributed by atoms with Crippen LogP contribution in [-0.2, 0) is 18.6 Å². The van der Waals surface area contributed by atoms with Gasteiger partial charge in [0.15, 0.2) is 0 Å². The number of nitrogens with zero attached hydrogens (tertiary/aromatic N) is 3. The highest BCUT2D eigenvalue weighted by molar-refractivity contribution is 6.31. The molecule has 0 saturated heterocycles. The first kappa shape index (κ1) is 35.0. The lowest BCUT2D eigenvalue weighted by atomic mass is 9.92. The Morgan fingerprint density at radius 2 is 1.71 bits per heavy atom. The number of rotatable bonds is 11. The van der Waals surface area contributed by atoms with Gasteiger partial charge in [0.05, 0.1) is 28.5 Å². The zero-order chi connectivity index (χ0) is 35.6. The van der Waals surface area contributed by atoms with Crippen molar-refractivity contribution in [2.24, 2.45) is 0 Å². The average molecular weight is 684 g/mol. The quantitative estimate of drug-likeness (QED) is 0.129. The van der Waals surface area contributed by atoms with Crippen molar-refractivity contribution in [3.8, 4) is 17.1 Å². The van der Waals surface area contributed by atoms with Crippen LogP contribution in [0.1, 0.15) is 64.8 Å². The van der Waals surface area contributed by atoms with E-state index in [1.165, 1.54) is 28.8 Å². The Balaban J connectivity index is 1.33. The molecule has 2 aromatic heterocycles. The number of carboxylic acids is 1. The molecule has 0 aliphatic carbocycles. The summed E-state index contributed by atoms with van der Waals surface area (Å²) < 4.78 is 23.6. The van der Waals surface area contributed by atoms with Crippen LogP contribution in [0.2, 0.25) is 5.02 Å². The molecule has 9 nitrogen and oxygen atoms in total. The van der Waals surface area contributed by atoms with Gasteiger partial charge in [-0.2, -0.15) is 5.10 Å². The van der Waals surface area contributed by atoms with Crippen molar-refractivity contribution in [2.75, 3.05) is 5.32 Å². The fourth-order valence-corrected chi connectivity index (χ4v) is 5.44. The summed E-state index contributed by atoms with van der Waals surface area (Å²) in [5, 5.41) is 20.7. The third-order valence-electron chi connectivity index (χ3n) is 8.08. The zero-order valence-corrected chi connectivity index (χ0v) is 29.1. The Morgan fingerprint density at radius 1 is 1.00 bits per heavy atom. The minimum Gasteiger partial charge on any atom is -0.487 e. The van der Waals surface area contributed by atoms with E-state index >= 15 is 0 Å². The molecule has 5 rings (SSSR count). The molecular weight excluding hydrogens is 645 g/mol. The van der Waals surface area contributed by atoms with Crippen molar-refractivity contribution < 1.29 is 19.0 Å². The van der Waals surface area contributed by atoms with Gasteiger partial charge >= 0.3 is 5.97 Å². The standard InChI is InChI=1S/C38H39ClFN5O4/c1-22-8-14-30(15-9-22)45-34(19-33(43-45)38(5,6)7)42-25(4)41-20-28-17-29(40)13-12-27(28)21-49-32-16-24(3)44(36(46)35(32)39)31-18-26(37(47)48)11-10-23(31)2/h8-19,41-42H,4,20-21H2,1-3,5-7H3,(H,47,48). The van der Waals surface area contributed by atoms with E-state index in [0.29, 0.717) is 33.9 Å². The number of nitrogens with one attached hydrogen (secondary N) is 2. The van der Waals surface area contributed by atoms with Gasteiger partial charge in [-0.25, -0.2) is 13.9 Å². The van der Waals surface area contributed by atoms with Crippen molar-refractivity contribution in [3.63, 3.8) is 0 Å². The highest BCUT2D eigenvalue weighted by Crippen LogP contribution is 2.28. The van der Waals surface area contributed by atoms with Crippen LogP contribution in [0, 0.1) is 26.6 Å². The van der Waals surface area contributed by atoms with E-state index < -0.39 is 17.3 Å². The molecular formula is C38H39ClFN5O4. The summed E-state index contributed by atoms with van der Waals surface area (Å²) in [5.74, 6) is -0.166. The number of pyridine rings is 1. The summed E-state index contributed by atoms with van der Waals surface area (Å²) >= 11 is 6.51. The minimum atomic E-state index is -1.11. The summed E-state index contributed by atoms with van der Waals surface area (Å²) in [5.41, 5.74) is 5.15. The van der Waals surface area contributed by atoms with Crippen LogP contribution in [0.4, 0.5) is 10.2 Å². The number of hydrogen-bond acceptors (Lipinski definition) is 6. The van der Waals surface area contributed by atoms with E-state index in [0.717, 1.165) is 22.8 Å². The van der Waals surface area contributed by atoms with E-state index in [1.54, 1.807) is 32.0 Å². The lowest BCUT2D eigenvalue weighted by Gasteiger charge is -2.18. The van der Waals surface area contributed by atoms with Gasteiger partial charge in [-0.15, -0.1) is 0 Å². The zero-order valence-electron chi connectivity index (χ0n) is 28.3. The molecule has 5 aromatic rings. The van der Waals surface area contributed by atoms with Gasteiger partial charge in [0, 0.05) is 29.8 Å². The number of aromatic carboxylic acids is 1. The molecule has 0 fully saturated rings. The molecule has 3 N–H and O–H groups in total. The Kier molecular flexibility index (Phi) is 10.0. The maximum Gasteiger partial charge on any atom is 0.335 e. The Hall–Kier alpha value is -5.35. The summed E-state index contributed by atoms with van der Waals surface area (Å²) in [6, 6.07) is 20.6. The first-order chi connectivity index (χ1) is 23.1. The fourth-order valence-electron chi connectivity index (χ4n) is 5.24. The second kappa shape index (κ2) is 14.0. The van der Waals surface area contributed by atoms with Gasteiger partial charge in [0.1, 0.15) is 29.0 Å². The molecule has 11 heteroatoms. The Morgan fingerprint density at radius 3 is 2.39 bits per heavy atom. The lowest BCUT2D eigenvalue weighted by Crippen LogP contribution is -2.23. The van der Waals surface area contributed by atoms with Gasteiger partial charge in [-0.3, -0.25) is 9.36 Å². The number of ether oxygens (including phenoxy) is 1. The molecule has 0 radical (unpaired) electrons. The summed E-state index contributed by atoms with van der Waals surface area (Å²) in [7, 11) is 0. The van der Waals surface area contributed by atoms with Crippen LogP contribution in [0.5, 0.6) is 5.75 Å². The molecule has 0 aliphatic heterocycles. The number of aromatic nitrogens is 3. The molecule has 0 saturated carbocycles. The van der Waals surface area contributed by atoms with Gasteiger partial charge in [0.25, 0.3) is 5.56 Å². The van der Waals surface area contributed by atoms with Crippen LogP contribution in [0.25, 0.3) is 11.4 Å². The molecule has 0 bridgehead atoms. The van der Waals surface area contributed by atoms with Gasteiger partial charge in [-0.05, 0) is 73.9 Å². The molecule has 2 heterocycles. The summed E-state index contributed by atoms with van der Waals surface area (Å²) in [4.78, 5) is 25.0. The molecule has 0 atom stereocenters. The number of hydrogen-bond donors (Lipinski definition) is 3. The molecule has 0 amide bonds. The number of aryl methyl sites for hydroxylation is 3. The smallest absolute Gasteiger partial charge is 0.335 e. The fraction of sp³-hybridized carbons (Fsp3) is 0.237. The van der Waals surface area contributed by atoms with Crippen LogP contribution in [0.15, 0.2) is 90.0 Å². The van der Waals surface area contributed by atoms with Crippen molar-refractivity contribution in [3.05, 3.63) is 146 Å². The van der Waals surface area contributed by atoms with Crippen molar-refractivity contribution in [2.45, 2.75) is 60.1 Å². The van der Waals surface area contributed by atoms with Gasteiger partial charge in [-0.1, -0.05) is 68.8 Å². The number of carbonyl (C=O) groups is 1. The maximum absolute atomic E-state index is 14.4. The molecule has 3 aromatic carbocycles. The second-order valence-electron chi connectivity index (χ2n) is 13.0. The minimum absolute atomic E-state index is 0.00246. The predicted molar refractivity (Wildman–Crippen MR) is 191 cm³/mol. The van der Waals surface area contributed by atoms with Gasteiger partial charge in [0.2, 0.25) is 0 Å². The highest BCUT2D eigenvalue weighted by Gasteiger charge is 2.21. The molecule has 254 valence electrons. The van der Waals surface area contributed by atoms with E-state index in [2.05, 4.69) is 38.0 Å². The van der Waals surface area contributed by atoms with E-state index in [-0.39, 0.29) is 34.9 Å². The third kappa shape index (κ3) is 7.87. The van der Waals surface area contributed by atoms with E-state index in [9.17, 15) is 19.1 Å². The van der Waals surface area contributed by atoms with Crippen molar-refractivity contribution in [1.29, 1.82) is 0 Å². The van der Waals surface area contributed by atoms with E-state index in [1.807, 2.05) is 41.9 Å². The monoisotopic (exact) mass is 683 g/mol. The highest BCUT2D eigenvalue weighted by atomic mass is 35.5. The molecule has 0 aliphatic rings. The third-order valence-corrected chi connectivity index (χ3v) is 8.42. The number of anilines is 1. The van der Waals surface area contributed by atoms with Crippen LogP contribution in [-0.4, -0.2) is 25.4 Å². The SMILES string of the molecule is C=C(NCc1cc(F)ccc1COc1cc(C)n(-c2cc(C(=O)O)ccc2C)c(=O)c1Cl)Nc1cc(C(C)(C)C)nn1-c1ccc(C)cc1. The topological polar surface area (TPSA) is 110 Å². The number of benzene rings is 3. The predicted octanol–water partition coefficient (Wildman–Crippen LogP) is 7.99. The maximum atomic E-state index is 14.4. The molecule has 49 heavy (non-hydrogen) atoms. The molecule has 0 spiro atoms. The van der Waals surface area contributed by atoms with Crippen molar-refractivity contribution in [1.82, 2.24) is 19.7 Å².